The van der Waals surface area contributed by atoms with Crippen LogP contribution in [0.1, 0.15) is 30.9 Å². The van der Waals surface area contributed by atoms with Crippen molar-refractivity contribution >= 4 is 17.4 Å². The molecule has 0 saturated carbocycles. The van der Waals surface area contributed by atoms with Crippen LogP contribution in [0, 0.1) is 0 Å². The largest absolute Gasteiger partial charge is 0.370 e. The first-order valence-corrected chi connectivity index (χ1v) is 10.4. The zero-order chi connectivity index (χ0) is 17.6. The molecule has 0 amide bonds. The SMILES string of the molecule is CCc1c(SCc2ccccc2)cccc1N1CCC[C@H](N(C)C)C1. The van der Waals surface area contributed by atoms with E-state index in [0.717, 1.165) is 18.7 Å². The van der Waals surface area contributed by atoms with Crippen molar-refractivity contribution in [1.29, 1.82) is 0 Å². The van der Waals surface area contributed by atoms with E-state index >= 15 is 0 Å². The van der Waals surface area contributed by atoms with E-state index in [9.17, 15) is 0 Å². The van der Waals surface area contributed by atoms with Crippen molar-refractivity contribution in [2.45, 2.75) is 42.9 Å². The number of piperidine rings is 1. The number of hydrogen-bond acceptors (Lipinski definition) is 3. The fourth-order valence-electron chi connectivity index (χ4n) is 3.67. The van der Waals surface area contributed by atoms with Crippen molar-refractivity contribution in [3.8, 4) is 0 Å². The number of anilines is 1. The topological polar surface area (TPSA) is 6.48 Å². The molecular weight excluding hydrogens is 324 g/mol. The molecule has 3 heteroatoms. The third kappa shape index (κ3) is 4.59. The first-order valence-electron chi connectivity index (χ1n) is 9.39. The number of nitrogens with zero attached hydrogens (tertiary/aromatic N) is 2. The molecule has 2 aromatic carbocycles. The molecule has 1 fully saturated rings. The smallest absolute Gasteiger partial charge is 0.0410 e. The molecule has 1 saturated heterocycles. The highest BCUT2D eigenvalue weighted by Crippen LogP contribution is 2.34. The van der Waals surface area contributed by atoms with E-state index in [2.05, 4.69) is 79.3 Å². The fraction of sp³-hybridized carbons (Fsp3) is 0.455. The molecule has 0 unspecified atom stereocenters. The van der Waals surface area contributed by atoms with E-state index in [-0.39, 0.29) is 0 Å². The molecule has 1 heterocycles. The van der Waals surface area contributed by atoms with Gasteiger partial charge in [-0.3, -0.25) is 0 Å². The van der Waals surface area contributed by atoms with Crippen molar-refractivity contribution < 1.29 is 0 Å². The maximum absolute atomic E-state index is 2.61. The minimum atomic E-state index is 0.666. The summed E-state index contributed by atoms with van der Waals surface area (Å²) in [7, 11) is 4.42. The number of thioether (sulfide) groups is 1. The van der Waals surface area contributed by atoms with Crippen LogP contribution < -0.4 is 4.90 Å². The Morgan fingerprint density at radius 3 is 2.60 bits per heavy atom. The van der Waals surface area contributed by atoms with Gasteiger partial charge in [-0.25, -0.2) is 0 Å². The average molecular weight is 355 g/mol. The molecule has 3 rings (SSSR count). The van der Waals surface area contributed by atoms with Crippen LogP contribution in [0.3, 0.4) is 0 Å². The summed E-state index contributed by atoms with van der Waals surface area (Å²) < 4.78 is 0. The third-order valence-electron chi connectivity index (χ3n) is 5.17. The van der Waals surface area contributed by atoms with Crippen LogP contribution >= 0.6 is 11.8 Å². The van der Waals surface area contributed by atoms with Gasteiger partial charge in [0.2, 0.25) is 0 Å². The summed E-state index contributed by atoms with van der Waals surface area (Å²) in [6, 6.07) is 18.3. The molecule has 1 atom stereocenters. The van der Waals surface area contributed by atoms with E-state index < -0.39 is 0 Å². The van der Waals surface area contributed by atoms with Crippen LogP contribution in [0.4, 0.5) is 5.69 Å². The standard InChI is InChI=1S/C22H30N2S/c1-4-20-21(24-15-9-12-19(16-24)23(2)3)13-8-14-22(20)25-17-18-10-6-5-7-11-18/h5-8,10-11,13-14,19H,4,9,12,15-17H2,1-3H3/t19-/m0/s1. The van der Waals surface area contributed by atoms with Gasteiger partial charge >= 0.3 is 0 Å². The lowest BCUT2D eigenvalue weighted by molar-refractivity contribution is 0.258. The Kier molecular flexibility index (Phi) is 6.44. The van der Waals surface area contributed by atoms with E-state index in [4.69, 9.17) is 0 Å². The van der Waals surface area contributed by atoms with Gasteiger partial charge in [0, 0.05) is 35.5 Å². The Labute approximate surface area is 157 Å². The molecule has 2 aromatic rings. The molecule has 25 heavy (non-hydrogen) atoms. The predicted molar refractivity (Wildman–Crippen MR) is 111 cm³/mol. The number of benzene rings is 2. The van der Waals surface area contributed by atoms with Gasteiger partial charge in [-0.2, -0.15) is 0 Å². The fourth-order valence-corrected chi connectivity index (χ4v) is 4.78. The van der Waals surface area contributed by atoms with Gasteiger partial charge in [0.15, 0.2) is 0 Å². The highest BCUT2D eigenvalue weighted by Gasteiger charge is 2.23. The molecule has 0 N–H and O–H groups in total. The van der Waals surface area contributed by atoms with Crippen LogP contribution in [0.25, 0.3) is 0 Å². The molecule has 134 valence electrons. The highest BCUT2D eigenvalue weighted by atomic mass is 32.2. The molecular formula is C22H30N2S. The van der Waals surface area contributed by atoms with Crippen LogP contribution in [-0.2, 0) is 12.2 Å². The quantitative estimate of drug-likeness (QED) is 0.669. The minimum absolute atomic E-state index is 0.666. The molecule has 1 aliphatic rings. The number of hydrogen-bond donors (Lipinski definition) is 0. The number of likely N-dealkylation sites (N-methyl/N-ethyl adjacent to an activating group) is 1. The summed E-state index contributed by atoms with van der Waals surface area (Å²) in [5.41, 5.74) is 4.36. The zero-order valence-corrected chi connectivity index (χ0v) is 16.6. The summed E-state index contributed by atoms with van der Waals surface area (Å²) in [5.74, 6) is 1.04. The van der Waals surface area contributed by atoms with Gasteiger partial charge in [0.05, 0.1) is 0 Å². The molecule has 0 bridgehead atoms. The second kappa shape index (κ2) is 8.77. The predicted octanol–water partition coefficient (Wildman–Crippen LogP) is 5.07. The van der Waals surface area contributed by atoms with Crippen molar-refractivity contribution in [1.82, 2.24) is 4.90 Å². The third-order valence-corrected chi connectivity index (χ3v) is 6.34. The van der Waals surface area contributed by atoms with Crippen LogP contribution in [0.2, 0.25) is 0 Å². The lowest BCUT2D eigenvalue weighted by Crippen LogP contribution is -2.45. The maximum atomic E-state index is 2.61. The van der Waals surface area contributed by atoms with Crippen LogP contribution in [0.5, 0.6) is 0 Å². The van der Waals surface area contributed by atoms with E-state index in [0.29, 0.717) is 6.04 Å². The lowest BCUT2D eigenvalue weighted by Gasteiger charge is -2.38. The molecule has 0 radical (unpaired) electrons. The Balaban J connectivity index is 1.78. The summed E-state index contributed by atoms with van der Waals surface area (Å²) in [5, 5.41) is 0. The first kappa shape index (κ1) is 18.3. The van der Waals surface area contributed by atoms with Crippen molar-refractivity contribution in [3.63, 3.8) is 0 Å². The van der Waals surface area contributed by atoms with Crippen molar-refractivity contribution in [2.24, 2.45) is 0 Å². The Bertz CT molecular complexity index is 669. The average Bonchev–Trinajstić information content (AvgIpc) is 2.66. The summed E-state index contributed by atoms with van der Waals surface area (Å²) in [6.45, 7) is 4.62. The Morgan fingerprint density at radius 1 is 1.08 bits per heavy atom. The van der Waals surface area contributed by atoms with Gasteiger partial charge in [0.25, 0.3) is 0 Å². The van der Waals surface area contributed by atoms with Gasteiger partial charge in [0.1, 0.15) is 0 Å². The lowest BCUT2D eigenvalue weighted by atomic mass is 10.0. The summed E-state index contributed by atoms with van der Waals surface area (Å²) >= 11 is 1.97. The molecule has 0 aromatic heterocycles. The van der Waals surface area contributed by atoms with Crippen LogP contribution in [0.15, 0.2) is 53.4 Å². The number of rotatable bonds is 6. The Hall–Kier alpha value is -1.45. The minimum Gasteiger partial charge on any atom is -0.370 e. The van der Waals surface area contributed by atoms with Crippen molar-refractivity contribution in [2.75, 3.05) is 32.1 Å². The second-order valence-electron chi connectivity index (χ2n) is 7.09. The molecule has 2 nitrogen and oxygen atoms in total. The summed E-state index contributed by atoms with van der Waals surface area (Å²) in [4.78, 5) is 6.43. The monoisotopic (exact) mass is 354 g/mol. The van der Waals surface area contributed by atoms with E-state index in [1.165, 1.54) is 41.1 Å². The van der Waals surface area contributed by atoms with Gasteiger partial charge in [-0.1, -0.05) is 43.3 Å². The zero-order valence-electron chi connectivity index (χ0n) is 15.7. The van der Waals surface area contributed by atoms with Gasteiger partial charge in [-0.15, -0.1) is 11.8 Å². The highest BCUT2D eigenvalue weighted by molar-refractivity contribution is 7.98. The van der Waals surface area contributed by atoms with Crippen molar-refractivity contribution in [3.05, 3.63) is 59.7 Å². The van der Waals surface area contributed by atoms with E-state index in [1.54, 1.807) is 0 Å². The van der Waals surface area contributed by atoms with E-state index in [1.807, 2.05) is 11.8 Å². The molecule has 0 spiro atoms. The molecule has 0 aliphatic carbocycles. The van der Waals surface area contributed by atoms with Crippen LogP contribution in [-0.4, -0.2) is 38.1 Å². The first-order chi connectivity index (χ1) is 12.2. The summed E-state index contributed by atoms with van der Waals surface area (Å²) in [6.07, 6.45) is 3.69. The maximum Gasteiger partial charge on any atom is 0.0410 e. The second-order valence-corrected chi connectivity index (χ2v) is 8.10. The molecule has 1 aliphatic heterocycles. The normalized spacial score (nSPS) is 17.9. The van der Waals surface area contributed by atoms with Gasteiger partial charge in [-0.05, 0) is 56.6 Å². The Morgan fingerprint density at radius 2 is 1.88 bits per heavy atom. The van der Waals surface area contributed by atoms with Gasteiger partial charge < -0.3 is 9.80 Å².